The Balaban J connectivity index is 1.59. The van der Waals surface area contributed by atoms with Crippen LogP contribution in [0.15, 0.2) is 22.0 Å². The van der Waals surface area contributed by atoms with Gasteiger partial charge in [0.2, 0.25) is 0 Å². The molecule has 4 heteroatoms. The number of hydrogen-bond acceptors (Lipinski definition) is 4. The first-order valence-corrected chi connectivity index (χ1v) is 10.3. The number of nitroso groups, excluding NO2 is 2. The van der Waals surface area contributed by atoms with E-state index in [1.807, 2.05) is 6.92 Å². The van der Waals surface area contributed by atoms with Crippen LogP contribution in [0.5, 0.6) is 0 Å². The molecule has 138 valence electrons. The highest BCUT2D eigenvalue weighted by Crippen LogP contribution is 2.66. The van der Waals surface area contributed by atoms with Crippen molar-refractivity contribution in [2.24, 2.45) is 44.9 Å². The Bertz CT molecular complexity index is 603. The van der Waals surface area contributed by atoms with E-state index in [-0.39, 0.29) is 17.5 Å². The molecular weight excluding hydrogens is 312 g/mol. The van der Waals surface area contributed by atoms with Gasteiger partial charge in [-0.3, -0.25) is 0 Å². The zero-order chi connectivity index (χ0) is 17.8. The summed E-state index contributed by atoms with van der Waals surface area (Å²) >= 11 is 0. The van der Waals surface area contributed by atoms with Gasteiger partial charge in [0, 0.05) is 0 Å². The SMILES string of the molecule is CC(N=O)C1=CCC2C3CC[C@H]4CC(N=O)CC[C@]4(C)C3CC[C@]12C. The van der Waals surface area contributed by atoms with E-state index in [0.717, 1.165) is 31.1 Å². The van der Waals surface area contributed by atoms with Gasteiger partial charge in [-0.1, -0.05) is 30.3 Å². The second kappa shape index (κ2) is 5.99. The number of allylic oxidation sites excluding steroid dienone is 1. The van der Waals surface area contributed by atoms with Crippen molar-refractivity contribution >= 4 is 0 Å². The number of fused-ring (bicyclic) bond motifs is 5. The summed E-state index contributed by atoms with van der Waals surface area (Å²) in [5, 5.41) is 6.73. The third kappa shape index (κ3) is 2.39. The Labute approximate surface area is 151 Å². The van der Waals surface area contributed by atoms with Crippen LogP contribution in [0.25, 0.3) is 0 Å². The Hall–Kier alpha value is -1.06. The zero-order valence-corrected chi connectivity index (χ0v) is 15.9. The van der Waals surface area contributed by atoms with Crippen LogP contribution in [-0.2, 0) is 0 Å². The van der Waals surface area contributed by atoms with Crippen LogP contribution in [0.1, 0.15) is 72.1 Å². The Morgan fingerprint density at radius 3 is 2.60 bits per heavy atom. The normalized spacial score (nSPS) is 50.0. The predicted octanol–water partition coefficient (Wildman–Crippen LogP) is 5.86. The van der Waals surface area contributed by atoms with Crippen LogP contribution < -0.4 is 0 Å². The maximum Gasteiger partial charge on any atom is 0.111 e. The summed E-state index contributed by atoms with van der Waals surface area (Å²) < 4.78 is 0. The van der Waals surface area contributed by atoms with E-state index in [4.69, 9.17) is 0 Å². The first-order chi connectivity index (χ1) is 11.9. The lowest BCUT2D eigenvalue weighted by Crippen LogP contribution is -2.53. The fourth-order valence-electron chi connectivity index (χ4n) is 7.64. The van der Waals surface area contributed by atoms with Crippen LogP contribution in [0.2, 0.25) is 0 Å². The van der Waals surface area contributed by atoms with Gasteiger partial charge in [-0.15, -0.1) is 0 Å². The monoisotopic (exact) mass is 344 g/mol. The topological polar surface area (TPSA) is 58.9 Å². The molecule has 8 atom stereocenters. The highest BCUT2D eigenvalue weighted by molar-refractivity contribution is 5.29. The minimum atomic E-state index is -0.174. The van der Waals surface area contributed by atoms with E-state index in [9.17, 15) is 9.81 Å². The molecule has 0 bridgehead atoms. The van der Waals surface area contributed by atoms with Gasteiger partial charge in [-0.25, -0.2) is 0 Å². The van der Waals surface area contributed by atoms with Gasteiger partial charge in [0.1, 0.15) is 6.04 Å². The average Bonchev–Trinajstić information content (AvgIpc) is 2.97. The van der Waals surface area contributed by atoms with Gasteiger partial charge >= 0.3 is 0 Å². The molecule has 3 fully saturated rings. The number of hydrogen-bond donors (Lipinski definition) is 0. The largest absolute Gasteiger partial charge is 0.151 e. The van der Waals surface area contributed by atoms with Gasteiger partial charge in [0.05, 0.1) is 6.04 Å². The van der Waals surface area contributed by atoms with Gasteiger partial charge < -0.3 is 0 Å². The molecule has 0 radical (unpaired) electrons. The summed E-state index contributed by atoms with van der Waals surface area (Å²) in [7, 11) is 0. The van der Waals surface area contributed by atoms with E-state index < -0.39 is 0 Å². The lowest BCUT2D eigenvalue weighted by atomic mass is 9.44. The molecule has 0 aromatic heterocycles. The van der Waals surface area contributed by atoms with E-state index in [0.29, 0.717) is 17.3 Å². The zero-order valence-electron chi connectivity index (χ0n) is 15.9. The highest BCUT2D eigenvalue weighted by Gasteiger charge is 2.59. The minimum absolute atomic E-state index is 0.0581. The molecule has 4 nitrogen and oxygen atoms in total. The van der Waals surface area contributed by atoms with E-state index >= 15 is 0 Å². The number of nitrogens with zero attached hydrogens (tertiary/aromatic N) is 2. The molecule has 5 unspecified atom stereocenters. The fourth-order valence-corrected chi connectivity index (χ4v) is 7.64. The highest BCUT2D eigenvalue weighted by atomic mass is 16.3. The van der Waals surface area contributed by atoms with Crippen molar-refractivity contribution < 1.29 is 0 Å². The Morgan fingerprint density at radius 2 is 1.88 bits per heavy atom. The minimum Gasteiger partial charge on any atom is -0.151 e. The van der Waals surface area contributed by atoms with Crippen molar-refractivity contribution in [3.8, 4) is 0 Å². The summed E-state index contributed by atoms with van der Waals surface area (Å²) in [5.41, 5.74) is 1.88. The summed E-state index contributed by atoms with van der Waals surface area (Å²) in [6.07, 6.45) is 11.7. The molecule has 25 heavy (non-hydrogen) atoms. The molecule has 0 aromatic rings. The van der Waals surface area contributed by atoms with Crippen LogP contribution in [0.3, 0.4) is 0 Å². The van der Waals surface area contributed by atoms with Crippen molar-refractivity contribution in [1.82, 2.24) is 0 Å². The second-order valence-corrected chi connectivity index (χ2v) is 9.82. The molecule has 4 aliphatic rings. The summed E-state index contributed by atoms with van der Waals surface area (Å²) in [6, 6.07) is -0.115. The van der Waals surface area contributed by atoms with Crippen molar-refractivity contribution in [3.63, 3.8) is 0 Å². The van der Waals surface area contributed by atoms with Crippen LogP contribution in [0.4, 0.5) is 0 Å². The van der Waals surface area contributed by atoms with Crippen molar-refractivity contribution in [1.29, 1.82) is 0 Å². The first kappa shape index (κ1) is 17.4. The lowest BCUT2D eigenvalue weighted by molar-refractivity contribution is -0.102. The number of rotatable bonds is 3. The van der Waals surface area contributed by atoms with Gasteiger partial charge in [0.25, 0.3) is 0 Å². The van der Waals surface area contributed by atoms with E-state index in [1.165, 1.54) is 37.7 Å². The summed E-state index contributed by atoms with van der Waals surface area (Å²) in [4.78, 5) is 22.2. The van der Waals surface area contributed by atoms with Crippen molar-refractivity contribution in [3.05, 3.63) is 21.5 Å². The quantitative estimate of drug-likeness (QED) is 0.476. The van der Waals surface area contributed by atoms with Gasteiger partial charge in [-0.2, -0.15) is 9.81 Å². The molecule has 0 heterocycles. The predicted molar refractivity (Wildman–Crippen MR) is 100 cm³/mol. The molecule has 4 rings (SSSR count). The smallest absolute Gasteiger partial charge is 0.111 e. The van der Waals surface area contributed by atoms with Crippen molar-refractivity contribution in [2.45, 2.75) is 84.2 Å². The molecule has 0 spiro atoms. The van der Waals surface area contributed by atoms with Crippen LogP contribution in [0, 0.1) is 44.3 Å². The average molecular weight is 344 g/mol. The molecule has 0 N–H and O–H groups in total. The summed E-state index contributed by atoms with van der Waals surface area (Å²) in [6.45, 7) is 6.87. The third-order valence-electron chi connectivity index (χ3n) is 9.04. The maximum atomic E-state index is 11.2. The molecule has 0 aromatic carbocycles. The molecule has 0 aliphatic heterocycles. The molecular formula is C21H32N2O2. The van der Waals surface area contributed by atoms with Gasteiger partial charge in [-0.05, 0) is 98.4 Å². The summed E-state index contributed by atoms with van der Waals surface area (Å²) in [5.74, 6) is 2.92. The van der Waals surface area contributed by atoms with Crippen LogP contribution in [-0.4, -0.2) is 12.1 Å². The van der Waals surface area contributed by atoms with Crippen molar-refractivity contribution in [2.75, 3.05) is 0 Å². The Morgan fingerprint density at radius 1 is 1.08 bits per heavy atom. The fraction of sp³-hybridized carbons (Fsp3) is 0.905. The Kier molecular flexibility index (Phi) is 4.16. The van der Waals surface area contributed by atoms with Gasteiger partial charge in [0.15, 0.2) is 0 Å². The molecule has 0 amide bonds. The first-order valence-electron chi connectivity index (χ1n) is 10.3. The standard InChI is InChI=1S/C21H32N2O2/c1-13(22-24)17-6-7-18-16-5-4-14-12-15(23-25)8-10-20(14,2)19(16)9-11-21(17,18)3/h6,13-16,18-19H,4-5,7-12H2,1-3H3/t13?,14-,15?,16?,18?,19?,20-,21+/m0/s1. The third-order valence-corrected chi connectivity index (χ3v) is 9.04. The molecule has 4 aliphatic carbocycles. The van der Waals surface area contributed by atoms with E-state index in [1.54, 1.807) is 0 Å². The molecule has 3 saturated carbocycles. The second-order valence-electron chi connectivity index (χ2n) is 9.82. The van der Waals surface area contributed by atoms with E-state index in [2.05, 4.69) is 30.3 Å². The molecule has 0 saturated heterocycles. The maximum absolute atomic E-state index is 11.2. The lowest BCUT2D eigenvalue weighted by Gasteiger charge is -2.60. The van der Waals surface area contributed by atoms with Crippen LogP contribution >= 0.6 is 0 Å².